The minimum absolute atomic E-state index is 0.0951. The molecule has 0 bridgehead atoms. The molecule has 1 unspecified atom stereocenters. The van der Waals surface area contributed by atoms with E-state index in [1.165, 1.54) is 5.56 Å². The van der Waals surface area contributed by atoms with Gasteiger partial charge in [-0.2, -0.15) is 5.10 Å². The first kappa shape index (κ1) is 57.5. The first-order chi connectivity index (χ1) is 38.1. The number of nitrogens with zero attached hydrogens (tertiary/aromatic N) is 5. The number of fused-ring (bicyclic) bond motifs is 2. The van der Waals surface area contributed by atoms with Crippen molar-refractivity contribution in [1.82, 2.24) is 46.1 Å². The number of hydrogen-bond donors (Lipinski definition) is 6. The molecule has 0 saturated carbocycles. The third-order valence-corrected chi connectivity index (χ3v) is 14.5. The van der Waals surface area contributed by atoms with Crippen molar-refractivity contribution >= 4 is 29.4 Å². The zero-order valence-electron chi connectivity index (χ0n) is 46.0. The SMILES string of the molecule is CN[C@@H](C)C(=O)N[C@H](C(=O)N1Cc2cc(OCCOCCOCCOCCNC(=O)c3ccc(C(C)n4cc(-c5cc(-c6ccccc6O)nnc5N)cn4)cc3)ccc2C[C@H]1C(=O)N[C@@H]1CCCc2ccccc21)C(C)(C)C. The lowest BCUT2D eigenvalue weighted by atomic mass is 9.83. The second-order valence-electron chi connectivity index (χ2n) is 21.1. The van der Waals surface area contributed by atoms with Crippen molar-refractivity contribution in [2.75, 3.05) is 65.6 Å². The van der Waals surface area contributed by atoms with Crippen molar-refractivity contribution in [2.24, 2.45) is 5.41 Å². The van der Waals surface area contributed by atoms with Gasteiger partial charge in [-0.3, -0.25) is 23.9 Å². The first-order valence-corrected chi connectivity index (χ1v) is 27.1. The van der Waals surface area contributed by atoms with Crippen LogP contribution in [0.25, 0.3) is 22.4 Å². The van der Waals surface area contributed by atoms with Gasteiger partial charge in [0.2, 0.25) is 17.7 Å². The normalized spacial score (nSPS) is 16.2. The number of likely N-dealkylation sites (N-methyl/N-ethyl adjacent to an activating group) is 1. The van der Waals surface area contributed by atoms with Gasteiger partial charge in [0.15, 0.2) is 5.82 Å². The average Bonchev–Trinajstić information content (AvgIpc) is 4.06. The molecule has 5 atom stereocenters. The number of ether oxygens (including phenoxy) is 4. The van der Waals surface area contributed by atoms with Crippen LogP contribution in [-0.4, -0.2) is 132 Å². The highest BCUT2D eigenvalue weighted by molar-refractivity contribution is 5.95. The summed E-state index contributed by atoms with van der Waals surface area (Å²) in [6, 6.07) is 27.5. The third kappa shape index (κ3) is 14.7. The highest BCUT2D eigenvalue weighted by atomic mass is 16.6. The number of aromatic hydroxyl groups is 1. The molecule has 2 aromatic heterocycles. The number of nitrogens with one attached hydrogen (secondary N) is 4. The molecular weight excluding hydrogens is 1000 g/mol. The van der Waals surface area contributed by atoms with Crippen LogP contribution >= 0.6 is 0 Å². The zero-order chi connectivity index (χ0) is 56.1. The maximum absolute atomic E-state index is 14.7. The van der Waals surface area contributed by atoms with Crippen molar-refractivity contribution in [3.8, 4) is 33.9 Å². The number of nitrogens with two attached hydrogens (primary N) is 1. The van der Waals surface area contributed by atoms with E-state index < -0.39 is 23.5 Å². The number of phenolic OH excluding ortho intramolecular Hbond substituents is 1. The number of anilines is 1. The van der Waals surface area contributed by atoms with Gasteiger partial charge in [0, 0.05) is 48.0 Å². The molecule has 418 valence electrons. The largest absolute Gasteiger partial charge is 0.507 e. The number of rotatable bonds is 24. The number of amides is 4. The Morgan fingerprint density at radius 1 is 0.810 bits per heavy atom. The number of hydrogen-bond acceptors (Lipinski definition) is 14. The van der Waals surface area contributed by atoms with E-state index >= 15 is 0 Å². The maximum atomic E-state index is 14.7. The number of aryl methyl sites for hydroxylation is 1. The lowest BCUT2D eigenvalue weighted by Crippen LogP contribution is -2.62. The van der Waals surface area contributed by atoms with Crippen molar-refractivity contribution in [2.45, 2.75) is 97.1 Å². The fraction of sp³-hybridized carbons (Fsp3) is 0.417. The number of para-hydroxylation sites is 1. The summed E-state index contributed by atoms with van der Waals surface area (Å²) in [5.74, 6) is -0.0929. The predicted molar refractivity (Wildman–Crippen MR) is 300 cm³/mol. The summed E-state index contributed by atoms with van der Waals surface area (Å²) < 4.78 is 25.0. The van der Waals surface area contributed by atoms with Gasteiger partial charge in [-0.15, -0.1) is 10.2 Å². The summed E-state index contributed by atoms with van der Waals surface area (Å²) in [7, 11) is 1.69. The fourth-order valence-corrected chi connectivity index (χ4v) is 9.81. The van der Waals surface area contributed by atoms with Gasteiger partial charge in [0.25, 0.3) is 5.91 Å². The van der Waals surface area contributed by atoms with Gasteiger partial charge >= 0.3 is 0 Å². The summed E-state index contributed by atoms with van der Waals surface area (Å²) in [6.45, 7) is 12.3. The van der Waals surface area contributed by atoms with E-state index in [1.807, 2.05) is 87.1 Å². The van der Waals surface area contributed by atoms with Crippen molar-refractivity contribution in [3.05, 3.63) is 143 Å². The molecule has 1 aliphatic heterocycles. The van der Waals surface area contributed by atoms with E-state index in [-0.39, 0.29) is 60.4 Å². The molecule has 0 spiro atoms. The Labute approximate surface area is 461 Å². The number of nitrogen functional groups attached to an aromatic ring is 1. The van der Waals surface area contributed by atoms with Crippen LogP contribution in [-0.2, 0) is 48.0 Å². The molecule has 1 aliphatic carbocycles. The van der Waals surface area contributed by atoms with Crippen molar-refractivity contribution < 1.29 is 43.2 Å². The Hall–Kier alpha value is -7.71. The molecule has 2 aliphatic rings. The molecule has 7 N–H and O–H groups in total. The molecule has 0 fully saturated rings. The summed E-state index contributed by atoms with van der Waals surface area (Å²) in [5.41, 5.74) is 13.6. The second-order valence-corrected chi connectivity index (χ2v) is 21.1. The molecule has 6 aromatic rings. The number of aromatic nitrogens is 4. The molecule has 19 nitrogen and oxygen atoms in total. The monoisotopic (exact) mass is 1080 g/mol. The Balaban J connectivity index is 0.732. The number of phenols is 1. The fourth-order valence-electron chi connectivity index (χ4n) is 9.81. The van der Waals surface area contributed by atoms with Gasteiger partial charge in [-0.25, -0.2) is 0 Å². The minimum Gasteiger partial charge on any atom is -0.507 e. The van der Waals surface area contributed by atoms with E-state index in [4.69, 9.17) is 24.7 Å². The Morgan fingerprint density at radius 2 is 1.52 bits per heavy atom. The Kier molecular flexibility index (Phi) is 19.5. The molecule has 8 rings (SSSR count). The number of benzene rings is 4. The van der Waals surface area contributed by atoms with Gasteiger partial charge in [-0.05, 0) is 116 Å². The highest BCUT2D eigenvalue weighted by Gasteiger charge is 2.43. The van der Waals surface area contributed by atoms with Crippen LogP contribution < -0.4 is 31.7 Å². The molecular formula is C60H74N10O9. The summed E-state index contributed by atoms with van der Waals surface area (Å²) >= 11 is 0. The molecule has 0 saturated heterocycles. The number of carbonyl (C=O) groups is 4. The lowest BCUT2D eigenvalue weighted by Gasteiger charge is -2.41. The summed E-state index contributed by atoms with van der Waals surface area (Å²) in [4.78, 5) is 56.7. The smallest absolute Gasteiger partial charge is 0.251 e. The average molecular weight is 1080 g/mol. The number of carbonyl (C=O) groups excluding carboxylic acids is 4. The minimum atomic E-state index is -0.885. The highest BCUT2D eigenvalue weighted by Crippen LogP contribution is 2.35. The van der Waals surface area contributed by atoms with Crippen LogP contribution in [0.4, 0.5) is 5.82 Å². The molecule has 3 heterocycles. The molecule has 19 heteroatoms. The molecule has 4 amide bonds. The van der Waals surface area contributed by atoms with E-state index in [0.717, 1.165) is 47.1 Å². The van der Waals surface area contributed by atoms with Crippen LogP contribution in [0.5, 0.6) is 11.5 Å². The van der Waals surface area contributed by atoms with E-state index in [2.05, 4.69) is 48.7 Å². The standard InChI is InChI=1S/C60H74N10O9/c1-38(62-6)56(72)66-54(60(3,4)5)59(75)69-36-44-32-46(23-22-43(44)33-52(69)58(74)65-50-16-11-13-41-12-7-8-14-47(41)50)79-31-30-78-29-28-77-27-26-76-25-24-63-57(73)42-20-18-40(19-21-42)39(2)70-37-45(35-64-70)49-34-51(67-68-55(49)61)48-15-9-10-17-53(48)71/h7-10,12,14-15,17-23,32,34-35,37-39,50,52,54,62,71H,11,13,16,24-31,33,36H2,1-6H3,(H2,61,68)(H,63,73)(H,65,74)(H,66,72)/t38-,39?,50+,52-,54+/m0/s1. The first-order valence-electron chi connectivity index (χ1n) is 27.1. The Bertz CT molecular complexity index is 3050. The summed E-state index contributed by atoms with van der Waals surface area (Å²) in [6.07, 6.45) is 6.63. The van der Waals surface area contributed by atoms with Crippen LogP contribution in [0.15, 0.2) is 109 Å². The Morgan fingerprint density at radius 3 is 2.25 bits per heavy atom. The molecule has 4 aromatic carbocycles. The van der Waals surface area contributed by atoms with Crippen LogP contribution in [0, 0.1) is 5.41 Å². The molecule has 0 radical (unpaired) electrons. The quantitative estimate of drug-likeness (QED) is 0.0362. The third-order valence-electron chi connectivity index (χ3n) is 14.5. The van der Waals surface area contributed by atoms with Crippen molar-refractivity contribution in [3.63, 3.8) is 0 Å². The van der Waals surface area contributed by atoms with Gasteiger partial charge in [-0.1, -0.05) is 75.4 Å². The van der Waals surface area contributed by atoms with Gasteiger partial charge in [0.1, 0.15) is 30.2 Å². The van der Waals surface area contributed by atoms with Gasteiger partial charge in [0.05, 0.1) is 69.7 Å². The van der Waals surface area contributed by atoms with Gasteiger partial charge < -0.3 is 56.0 Å². The predicted octanol–water partition coefficient (Wildman–Crippen LogP) is 6.35. The maximum Gasteiger partial charge on any atom is 0.251 e. The van der Waals surface area contributed by atoms with E-state index in [0.29, 0.717) is 80.7 Å². The summed E-state index contributed by atoms with van der Waals surface area (Å²) in [5, 5.41) is 35.3. The van der Waals surface area contributed by atoms with Crippen LogP contribution in [0.3, 0.4) is 0 Å². The zero-order valence-corrected chi connectivity index (χ0v) is 46.0. The lowest BCUT2D eigenvalue weighted by molar-refractivity contribution is -0.147. The second kappa shape index (κ2) is 26.8. The molecule has 79 heavy (non-hydrogen) atoms. The van der Waals surface area contributed by atoms with Crippen molar-refractivity contribution in [1.29, 1.82) is 0 Å². The van der Waals surface area contributed by atoms with Crippen LogP contribution in [0.1, 0.15) is 97.7 Å². The van der Waals surface area contributed by atoms with E-state index in [9.17, 15) is 24.3 Å². The topological polar surface area (TPSA) is 246 Å². The van der Waals surface area contributed by atoms with Crippen LogP contribution in [0.2, 0.25) is 0 Å². The van der Waals surface area contributed by atoms with E-state index in [1.54, 1.807) is 61.5 Å².